The number of benzene rings is 1. The molecular formula is C12H16Cl2N2O3. The Bertz CT molecular complexity index is 429. The van der Waals surface area contributed by atoms with E-state index in [4.69, 9.17) is 33.4 Å². The SMILES string of the molecule is O=C(Nc1ccc(Cl)cc1Cl)N(CCO)CCCO. The molecule has 0 radical (unpaired) electrons. The van der Waals surface area contributed by atoms with Crippen LogP contribution in [0.4, 0.5) is 10.5 Å². The second-order valence-electron chi connectivity index (χ2n) is 3.84. The minimum absolute atomic E-state index is 0.0170. The Kier molecular flexibility index (Phi) is 6.94. The molecule has 0 saturated heterocycles. The van der Waals surface area contributed by atoms with Gasteiger partial charge in [-0.25, -0.2) is 4.79 Å². The van der Waals surface area contributed by atoms with Crippen molar-refractivity contribution in [1.29, 1.82) is 0 Å². The van der Waals surface area contributed by atoms with Gasteiger partial charge < -0.3 is 20.4 Å². The van der Waals surface area contributed by atoms with Crippen LogP contribution in [0.3, 0.4) is 0 Å². The fraction of sp³-hybridized carbons (Fsp3) is 0.417. The number of aliphatic hydroxyl groups is 2. The monoisotopic (exact) mass is 306 g/mol. The number of nitrogens with one attached hydrogen (secondary N) is 1. The molecule has 0 saturated carbocycles. The summed E-state index contributed by atoms with van der Waals surface area (Å²) in [5, 5.41) is 21.1. The molecule has 0 aliphatic rings. The molecule has 3 N–H and O–H groups in total. The molecule has 1 aromatic carbocycles. The number of nitrogens with zero attached hydrogens (tertiary/aromatic N) is 1. The lowest BCUT2D eigenvalue weighted by molar-refractivity contribution is 0.180. The Hall–Kier alpha value is -1.01. The number of hydrogen-bond acceptors (Lipinski definition) is 3. The maximum absolute atomic E-state index is 12.0. The van der Waals surface area contributed by atoms with Crippen LogP contribution in [0.5, 0.6) is 0 Å². The van der Waals surface area contributed by atoms with Gasteiger partial charge in [0, 0.05) is 24.7 Å². The molecule has 0 aliphatic heterocycles. The summed E-state index contributed by atoms with van der Waals surface area (Å²) < 4.78 is 0. The van der Waals surface area contributed by atoms with E-state index in [0.29, 0.717) is 28.7 Å². The van der Waals surface area contributed by atoms with Gasteiger partial charge in [0.25, 0.3) is 0 Å². The van der Waals surface area contributed by atoms with Crippen molar-refractivity contribution in [3.63, 3.8) is 0 Å². The van der Waals surface area contributed by atoms with E-state index in [-0.39, 0.29) is 25.8 Å². The van der Waals surface area contributed by atoms with E-state index in [1.165, 1.54) is 11.0 Å². The van der Waals surface area contributed by atoms with Gasteiger partial charge >= 0.3 is 6.03 Å². The zero-order valence-corrected chi connectivity index (χ0v) is 11.8. The number of carbonyl (C=O) groups excluding carboxylic acids is 1. The summed E-state index contributed by atoms with van der Waals surface area (Å²) in [6, 6.07) is 4.37. The number of aliphatic hydroxyl groups excluding tert-OH is 2. The van der Waals surface area contributed by atoms with E-state index in [2.05, 4.69) is 5.32 Å². The molecule has 0 atom stereocenters. The molecule has 106 valence electrons. The Balaban J connectivity index is 2.69. The predicted octanol–water partition coefficient (Wildman–Crippen LogP) is 2.20. The van der Waals surface area contributed by atoms with Crippen molar-refractivity contribution >= 4 is 34.9 Å². The molecule has 5 nitrogen and oxygen atoms in total. The van der Waals surface area contributed by atoms with Gasteiger partial charge in [-0.05, 0) is 24.6 Å². The van der Waals surface area contributed by atoms with E-state index < -0.39 is 0 Å². The molecule has 0 unspecified atom stereocenters. The van der Waals surface area contributed by atoms with Gasteiger partial charge in [-0.2, -0.15) is 0 Å². The molecule has 1 aromatic rings. The average Bonchev–Trinajstić information content (AvgIpc) is 2.37. The van der Waals surface area contributed by atoms with Crippen molar-refractivity contribution in [3.8, 4) is 0 Å². The van der Waals surface area contributed by atoms with Crippen LogP contribution in [-0.4, -0.2) is 47.4 Å². The summed E-state index contributed by atoms with van der Waals surface area (Å²) in [5.41, 5.74) is 0.447. The highest BCUT2D eigenvalue weighted by molar-refractivity contribution is 6.36. The van der Waals surface area contributed by atoms with Crippen LogP contribution >= 0.6 is 23.2 Å². The summed E-state index contributed by atoms with van der Waals surface area (Å²) in [6.45, 7) is 0.384. The summed E-state index contributed by atoms with van der Waals surface area (Å²) in [5.74, 6) is 0. The maximum atomic E-state index is 12.0. The van der Waals surface area contributed by atoms with Crippen LogP contribution in [0.15, 0.2) is 18.2 Å². The highest BCUT2D eigenvalue weighted by Gasteiger charge is 2.14. The molecule has 7 heteroatoms. The molecule has 0 fully saturated rings. The third-order valence-electron chi connectivity index (χ3n) is 2.42. The van der Waals surface area contributed by atoms with E-state index in [1.54, 1.807) is 12.1 Å². The van der Waals surface area contributed by atoms with Gasteiger partial charge in [0.2, 0.25) is 0 Å². The van der Waals surface area contributed by atoms with Crippen LogP contribution < -0.4 is 5.32 Å². The number of rotatable bonds is 6. The summed E-state index contributed by atoms with van der Waals surface area (Å²) in [7, 11) is 0. The minimum atomic E-state index is -0.383. The molecule has 0 bridgehead atoms. The van der Waals surface area contributed by atoms with E-state index >= 15 is 0 Å². The highest BCUT2D eigenvalue weighted by Crippen LogP contribution is 2.25. The van der Waals surface area contributed by atoms with Gasteiger partial charge in [0.1, 0.15) is 0 Å². The standard InChI is InChI=1S/C12H16Cl2N2O3/c13-9-2-3-11(10(14)8-9)15-12(19)16(5-7-18)4-1-6-17/h2-3,8,17-18H,1,4-7H2,(H,15,19). The van der Waals surface area contributed by atoms with Crippen molar-refractivity contribution in [1.82, 2.24) is 4.90 Å². The topological polar surface area (TPSA) is 72.8 Å². The van der Waals surface area contributed by atoms with Crippen LogP contribution in [0.1, 0.15) is 6.42 Å². The highest BCUT2D eigenvalue weighted by atomic mass is 35.5. The van der Waals surface area contributed by atoms with Crippen molar-refractivity contribution in [2.45, 2.75) is 6.42 Å². The Morgan fingerprint density at radius 2 is 1.95 bits per heavy atom. The minimum Gasteiger partial charge on any atom is -0.396 e. The number of urea groups is 1. The zero-order valence-electron chi connectivity index (χ0n) is 10.3. The van der Waals surface area contributed by atoms with Crippen molar-refractivity contribution < 1.29 is 15.0 Å². The Morgan fingerprint density at radius 3 is 2.53 bits per heavy atom. The normalized spacial score (nSPS) is 10.3. The second kappa shape index (κ2) is 8.22. The van der Waals surface area contributed by atoms with Crippen molar-refractivity contribution in [2.75, 3.05) is 31.6 Å². The zero-order chi connectivity index (χ0) is 14.3. The summed E-state index contributed by atoms with van der Waals surface area (Å²) in [4.78, 5) is 13.4. The molecule has 0 aromatic heterocycles. The van der Waals surface area contributed by atoms with Gasteiger partial charge in [-0.15, -0.1) is 0 Å². The number of carbonyl (C=O) groups is 1. The van der Waals surface area contributed by atoms with Gasteiger partial charge in [0.05, 0.1) is 17.3 Å². The van der Waals surface area contributed by atoms with Crippen LogP contribution in [0.25, 0.3) is 0 Å². The Morgan fingerprint density at radius 1 is 1.21 bits per heavy atom. The number of halogens is 2. The number of anilines is 1. The third-order valence-corrected chi connectivity index (χ3v) is 2.96. The van der Waals surface area contributed by atoms with Crippen LogP contribution in [0.2, 0.25) is 10.0 Å². The van der Waals surface area contributed by atoms with Crippen molar-refractivity contribution in [3.05, 3.63) is 28.2 Å². The first-order valence-electron chi connectivity index (χ1n) is 5.81. The number of amides is 2. The largest absolute Gasteiger partial charge is 0.396 e. The third kappa shape index (κ3) is 5.24. The maximum Gasteiger partial charge on any atom is 0.321 e. The smallest absolute Gasteiger partial charge is 0.321 e. The fourth-order valence-corrected chi connectivity index (χ4v) is 1.94. The molecule has 19 heavy (non-hydrogen) atoms. The Labute approximate surface area is 121 Å². The lowest BCUT2D eigenvalue weighted by atomic mass is 10.3. The summed E-state index contributed by atoms with van der Waals surface area (Å²) in [6.07, 6.45) is 0.446. The first kappa shape index (κ1) is 16.0. The summed E-state index contributed by atoms with van der Waals surface area (Å²) >= 11 is 11.7. The molecular weight excluding hydrogens is 291 g/mol. The van der Waals surface area contributed by atoms with Crippen LogP contribution in [0, 0.1) is 0 Å². The lowest BCUT2D eigenvalue weighted by Crippen LogP contribution is -2.38. The molecule has 0 spiro atoms. The lowest BCUT2D eigenvalue weighted by Gasteiger charge is -2.22. The van der Waals surface area contributed by atoms with E-state index in [0.717, 1.165) is 0 Å². The molecule has 0 heterocycles. The molecule has 1 rings (SSSR count). The first-order chi connectivity index (χ1) is 9.08. The number of hydrogen-bond donors (Lipinski definition) is 3. The first-order valence-corrected chi connectivity index (χ1v) is 6.56. The van der Waals surface area contributed by atoms with E-state index in [1.807, 2.05) is 0 Å². The van der Waals surface area contributed by atoms with Gasteiger partial charge in [0.15, 0.2) is 0 Å². The van der Waals surface area contributed by atoms with Crippen LogP contribution in [-0.2, 0) is 0 Å². The molecule has 2 amide bonds. The van der Waals surface area contributed by atoms with Gasteiger partial charge in [-0.3, -0.25) is 0 Å². The fourth-order valence-electron chi connectivity index (χ4n) is 1.48. The van der Waals surface area contributed by atoms with Gasteiger partial charge in [-0.1, -0.05) is 23.2 Å². The molecule has 0 aliphatic carbocycles. The van der Waals surface area contributed by atoms with Crippen molar-refractivity contribution in [2.24, 2.45) is 0 Å². The van der Waals surface area contributed by atoms with E-state index in [9.17, 15) is 4.79 Å². The average molecular weight is 307 g/mol. The predicted molar refractivity (Wildman–Crippen MR) is 75.8 cm³/mol. The quantitative estimate of drug-likeness (QED) is 0.754. The second-order valence-corrected chi connectivity index (χ2v) is 4.69.